The minimum absolute atomic E-state index is 0.163. The van der Waals surface area contributed by atoms with Crippen LogP contribution < -0.4 is 0 Å². The summed E-state index contributed by atoms with van der Waals surface area (Å²) in [6.07, 6.45) is 1.04. The first-order valence-electron chi connectivity index (χ1n) is 7.44. The van der Waals surface area contributed by atoms with Crippen LogP contribution in [-0.4, -0.2) is 97.3 Å². The third-order valence-electron chi connectivity index (χ3n) is 4.00. The van der Waals surface area contributed by atoms with Crippen molar-refractivity contribution < 1.29 is 24.9 Å². The standard InChI is InChI=1S/C14H28N2O5/c1-15-5-7-16(8-6-15)4-2-3-13(20)21-12-14(9-17,10-18)11-19/h17-19H,2-12H2,1H3. The molecule has 0 bridgehead atoms. The zero-order valence-corrected chi connectivity index (χ0v) is 12.8. The van der Waals surface area contributed by atoms with Gasteiger partial charge in [0.25, 0.3) is 0 Å². The predicted octanol–water partition coefficient (Wildman–Crippen LogP) is -1.48. The lowest BCUT2D eigenvalue weighted by Gasteiger charge is -2.32. The summed E-state index contributed by atoms with van der Waals surface area (Å²) >= 11 is 0. The maximum absolute atomic E-state index is 11.6. The van der Waals surface area contributed by atoms with Gasteiger partial charge in [0, 0.05) is 32.6 Å². The van der Waals surface area contributed by atoms with E-state index in [-0.39, 0.29) is 12.6 Å². The molecule has 1 rings (SSSR count). The van der Waals surface area contributed by atoms with E-state index in [9.17, 15) is 4.79 Å². The normalized spacial score (nSPS) is 17.9. The molecule has 0 saturated carbocycles. The van der Waals surface area contributed by atoms with Crippen LogP contribution in [0.15, 0.2) is 0 Å². The minimum Gasteiger partial charge on any atom is -0.465 e. The fourth-order valence-electron chi connectivity index (χ4n) is 2.11. The highest BCUT2D eigenvalue weighted by Gasteiger charge is 2.30. The highest BCUT2D eigenvalue weighted by Crippen LogP contribution is 2.15. The van der Waals surface area contributed by atoms with E-state index in [4.69, 9.17) is 20.1 Å². The van der Waals surface area contributed by atoms with Crippen molar-refractivity contribution in [1.29, 1.82) is 0 Å². The smallest absolute Gasteiger partial charge is 0.305 e. The summed E-state index contributed by atoms with van der Waals surface area (Å²) in [5.74, 6) is -0.358. The minimum atomic E-state index is -1.15. The van der Waals surface area contributed by atoms with Crippen LogP contribution in [0.4, 0.5) is 0 Å². The number of piperazine rings is 1. The van der Waals surface area contributed by atoms with E-state index in [1.165, 1.54) is 0 Å². The van der Waals surface area contributed by atoms with Crippen LogP contribution >= 0.6 is 0 Å². The van der Waals surface area contributed by atoms with Crippen LogP contribution in [0.2, 0.25) is 0 Å². The first-order chi connectivity index (χ1) is 10.0. The van der Waals surface area contributed by atoms with Gasteiger partial charge in [0.2, 0.25) is 0 Å². The van der Waals surface area contributed by atoms with Gasteiger partial charge in [-0.3, -0.25) is 4.79 Å². The summed E-state index contributed by atoms with van der Waals surface area (Å²) in [5, 5.41) is 27.4. The molecule has 1 heterocycles. The highest BCUT2D eigenvalue weighted by atomic mass is 16.5. The topological polar surface area (TPSA) is 93.5 Å². The third-order valence-corrected chi connectivity index (χ3v) is 4.00. The van der Waals surface area contributed by atoms with Crippen LogP contribution in [0.5, 0.6) is 0 Å². The maximum atomic E-state index is 11.6. The van der Waals surface area contributed by atoms with Gasteiger partial charge in [-0.1, -0.05) is 0 Å². The third kappa shape index (κ3) is 6.27. The number of carbonyl (C=O) groups is 1. The van der Waals surface area contributed by atoms with Gasteiger partial charge >= 0.3 is 5.97 Å². The quantitative estimate of drug-likeness (QED) is 0.447. The number of esters is 1. The van der Waals surface area contributed by atoms with Crippen molar-refractivity contribution in [3.63, 3.8) is 0 Å². The Kier molecular flexibility index (Phi) is 8.13. The molecular formula is C14H28N2O5. The Balaban J connectivity index is 2.16. The molecule has 1 fully saturated rings. The number of carbonyl (C=O) groups excluding carboxylic acids is 1. The average Bonchev–Trinajstić information content (AvgIpc) is 2.51. The number of nitrogens with zero attached hydrogens (tertiary/aromatic N) is 2. The molecule has 0 aromatic heterocycles. The second-order valence-corrected chi connectivity index (χ2v) is 5.88. The number of rotatable bonds is 9. The Morgan fingerprint density at radius 1 is 1.10 bits per heavy atom. The van der Waals surface area contributed by atoms with Gasteiger partial charge in [0.05, 0.1) is 25.2 Å². The first-order valence-corrected chi connectivity index (χ1v) is 7.44. The van der Waals surface area contributed by atoms with E-state index < -0.39 is 25.2 Å². The van der Waals surface area contributed by atoms with E-state index in [1.807, 2.05) is 0 Å². The van der Waals surface area contributed by atoms with E-state index in [1.54, 1.807) is 0 Å². The van der Waals surface area contributed by atoms with Crippen LogP contribution in [0.1, 0.15) is 12.8 Å². The molecule has 124 valence electrons. The van der Waals surface area contributed by atoms with Crippen LogP contribution in [0.25, 0.3) is 0 Å². The van der Waals surface area contributed by atoms with E-state index in [0.717, 1.165) is 39.1 Å². The maximum Gasteiger partial charge on any atom is 0.305 e. The molecule has 0 aromatic rings. The van der Waals surface area contributed by atoms with E-state index in [2.05, 4.69) is 16.8 Å². The van der Waals surface area contributed by atoms with Gasteiger partial charge in [-0.25, -0.2) is 0 Å². The molecular weight excluding hydrogens is 276 g/mol. The van der Waals surface area contributed by atoms with Gasteiger partial charge in [-0.15, -0.1) is 0 Å². The van der Waals surface area contributed by atoms with Gasteiger partial charge in [-0.2, -0.15) is 0 Å². The highest BCUT2D eigenvalue weighted by molar-refractivity contribution is 5.69. The number of aliphatic hydroxyl groups is 3. The Labute approximate surface area is 126 Å². The van der Waals surface area contributed by atoms with Gasteiger partial charge in [0.1, 0.15) is 6.61 Å². The van der Waals surface area contributed by atoms with Crippen LogP contribution in [0.3, 0.4) is 0 Å². The zero-order chi connectivity index (χ0) is 15.7. The fourth-order valence-corrected chi connectivity index (χ4v) is 2.11. The Hall–Kier alpha value is -0.730. The summed E-state index contributed by atoms with van der Waals surface area (Å²) in [7, 11) is 2.10. The van der Waals surface area contributed by atoms with Gasteiger partial charge < -0.3 is 29.9 Å². The van der Waals surface area contributed by atoms with Crippen LogP contribution in [-0.2, 0) is 9.53 Å². The molecule has 0 aliphatic carbocycles. The van der Waals surface area contributed by atoms with E-state index >= 15 is 0 Å². The predicted molar refractivity (Wildman–Crippen MR) is 77.8 cm³/mol. The molecule has 0 atom stereocenters. The van der Waals surface area contributed by atoms with Crippen molar-refractivity contribution in [2.45, 2.75) is 12.8 Å². The summed E-state index contributed by atoms with van der Waals surface area (Å²) < 4.78 is 5.04. The molecule has 21 heavy (non-hydrogen) atoms. The molecule has 7 nitrogen and oxygen atoms in total. The molecule has 0 spiro atoms. The van der Waals surface area contributed by atoms with Gasteiger partial charge in [0.15, 0.2) is 0 Å². The largest absolute Gasteiger partial charge is 0.465 e. The summed E-state index contributed by atoms with van der Waals surface area (Å²) in [6.45, 7) is 3.59. The molecule has 1 aliphatic heterocycles. The van der Waals surface area contributed by atoms with Crippen molar-refractivity contribution >= 4 is 5.97 Å². The molecule has 1 aliphatic rings. The van der Waals surface area contributed by atoms with Crippen molar-refractivity contribution in [3.8, 4) is 0 Å². The SMILES string of the molecule is CN1CCN(CCCC(=O)OCC(CO)(CO)CO)CC1. The monoisotopic (exact) mass is 304 g/mol. The second-order valence-electron chi connectivity index (χ2n) is 5.88. The van der Waals surface area contributed by atoms with Gasteiger partial charge in [-0.05, 0) is 20.0 Å². The molecule has 0 aromatic carbocycles. The van der Waals surface area contributed by atoms with Crippen molar-refractivity contribution in [1.82, 2.24) is 9.80 Å². The van der Waals surface area contributed by atoms with Crippen molar-refractivity contribution in [2.75, 3.05) is 66.2 Å². The second kappa shape index (κ2) is 9.32. The van der Waals surface area contributed by atoms with Crippen LogP contribution in [0, 0.1) is 5.41 Å². The number of aliphatic hydroxyl groups excluding tert-OH is 3. The summed E-state index contributed by atoms with van der Waals surface area (Å²) in [5.41, 5.74) is -1.15. The Bertz CT molecular complexity index is 293. The number of likely N-dealkylation sites (N-methyl/N-ethyl adjacent to an activating group) is 1. The lowest BCUT2D eigenvalue weighted by molar-refractivity contribution is -0.151. The molecule has 7 heteroatoms. The lowest BCUT2D eigenvalue weighted by Crippen LogP contribution is -2.44. The summed E-state index contributed by atoms with van der Waals surface area (Å²) in [6, 6.07) is 0. The fraction of sp³-hybridized carbons (Fsp3) is 0.929. The Morgan fingerprint density at radius 2 is 1.67 bits per heavy atom. The molecule has 0 amide bonds. The average molecular weight is 304 g/mol. The molecule has 1 saturated heterocycles. The first kappa shape index (κ1) is 18.3. The number of hydrogen-bond acceptors (Lipinski definition) is 7. The molecule has 3 N–H and O–H groups in total. The van der Waals surface area contributed by atoms with E-state index in [0.29, 0.717) is 6.42 Å². The molecule has 0 unspecified atom stereocenters. The zero-order valence-electron chi connectivity index (χ0n) is 12.8. The molecule has 0 radical (unpaired) electrons. The van der Waals surface area contributed by atoms with Crippen molar-refractivity contribution in [3.05, 3.63) is 0 Å². The Morgan fingerprint density at radius 3 is 2.19 bits per heavy atom. The van der Waals surface area contributed by atoms with Crippen molar-refractivity contribution in [2.24, 2.45) is 5.41 Å². The lowest BCUT2D eigenvalue weighted by atomic mass is 9.93. The number of hydrogen-bond donors (Lipinski definition) is 3. The number of ether oxygens (including phenoxy) is 1. The summed E-state index contributed by atoms with van der Waals surface area (Å²) in [4.78, 5) is 16.2.